The molecular formula is C19H28FNO. The third kappa shape index (κ3) is 4.89. The molecule has 0 aliphatic heterocycles. The second kappa shape index (κ2) is 7.34. The largest absolute Gasteiger partial charge is 0.294 e. The molecule has 0 bridgehead atoms. The number of carbonyl (C=O) groups is 1. The first kappa shape index (κ1) is 17.1. The predicted octanol–water partition coefficient (Wildman–Crippen LogP) is 5.43. The van der Waals surface area contributed by atoms with Crippen LogP contribution >= 0.6 is 0 Å². The quantitative estimate of drug-likeness (QED) is 0.536. The minimum Gasteiger partial charge on any atom is -0.294 e. The van der Waals surface area contributed by atoms with Crippen LogP contribution < -0.4 is 0 Å². The third-order valence-electron chi connectivity index (χ3n) is 5.14. The topological polar surface area (TPSA) is 30.0 Å². The SMILES string of the molecule is CC(C)(C)C1CCC(CCCC(=O)c2ccnc(F)c2)CC1. The van der Waals surface area contributed by atoms with Crippen LogP contribution in [0, 0.1) is 23.2 Å². The normalized spacial score (nSPS) is 22.5. The molecule has 1 aliphatic carbocycles. The number of nitrogens with zero attached hydrogens (tertiary/aromatic N) is 1. The number of hydrogen-bond acceptors (Lipinski definition) is 2. The first-order valence-corrected chi connectivity index (χ1v) is 8.51. The number of rotatable bonds is 5. The zero-order valence-electron chi connectivity index (χ0n) is 14.1. The molecule has 0 N–H and O–H groups in total. The summed E-state index contributed by atoms with van der Waals surface area (Å²) in [6, 6.07) is 2.83. The van der Waals surface area contributed by atoms with Gasteiger partial charge in [0.15, 0.2) is 5.78 Å². The Balaban J connectivity index is 1.71. The van der Waals surface area contributed by atoms with E-state index in [4.69, 9.17) is 0 Å². The third-order valence-corrected chi connectivity index (χ3v) is 5.14. The van der Waals surface area contributed by atoms with E-state index in [0.717, 1.165) is 24.7 Å². The molecule has 0 radical (unpaired) electrons. The Hall–Kier alpha value is -1.25. The van der Waals surface area contributed by atoms with Crippen molar-refractivity contribution in [2.75, 3.05) is 0 Å². The summed E-state index contributed by atoms with van der Waals surface area (Å²) in [6.07, 6.45) is 9.12. The Morgan fingerprint density at radius 2 is 1.95 bits per heavy atom. The number of pyridine rings is 1. The molecule has 0 unspecified atom stereocenters. The van der Waals surface area contributed by atoms with Gasteiger partial charge in [0.05, 0.1) is 0 Å². The summed E-state index contributed by atoms with van der Waals surface area (Å²) in [4.78, 5) is 15.5. The molecule has 1 aromatic rings. The summed E-state index contributed by atoms with van der Waals surface area (Å²) in [5.74, 6) is 1.06. The zero-order valence-corrected chi connectivity index (χ0v) is 14.1. The van der Waals surface area contributed by atoms with Crippen molar-refractivity contribution in [2.45, 2.75) is 65.7 Å². The van der Waals surface area contributed by atoms with Gasteiger partial charge in [0.25, 0.3) is 0 Å². The summed E-state index contributed by atoms with van der Waals surface area (Å²) in [7, 11) is 0. The van der Waals surface area contributed by atoms with Gasteiger partial charge < -0.3 is 0 Å². The lowest BCUT2D eigenvalue weighted by atomic mass is 9.69. The average molecular weight is 305 g/mol. The number of Topliss-reactive ketones (excluding diaryl/α,β-unsaturated/α-hetero) is 1. The van der Waals surface area contributed by atoms with Crippen molar-refractivity contribution in [3.63, 3.8) is 0 Å². The average Bonchev–Trinajstić information content (AvgIpc) is 2.47. The van der Waals surface area contributed by atoms with E-state index in [-0.39, 0.29) is 5.78 Å². The molecule has 0 amide bonds. The predicted molar refractivity (Wildman–Crippen MR) is 87.3 cm³/mol. The van der Waals surface area contributed by atoms with Crippen LogP contribution in [0.1, 0.15) is 76.1 Å². The number of aromatic nitrogens is 1. The van der Waals surface area contributed by atoms with Crippen molar-refractivity contribution in [1.29, 1.82) is 0 Å². The lowest BCUT2D eigenvalue weighted by Crippen LogP contribution is -2.25. The van der Waals surface area contributed by atoms with E-state index in [1.54, 1.807) is 6.07 Å². The van der Waals surface area contributed by atoms with Gasteiger partial charge in [-0.25, -0.2) is 4.98 Å². The summed E-state index contributed by atoms with van der Waals surface area (Å²) in [5.41, 5.74) is 0.871. The van der Waals surface area contributed by atoms with E-state index in [1.165, 1.54) is 37.9 Å². The molecular weight excluding hydrogens is 277 g/mol. The molecule has 2 nitrogen and oxygen atoms in total. The van der Waals surface area contributed by atoms with Crippen LogP contribution in [0.2, 0.25) is 0 Å². The van der Waals surface area contributed by atoms with Crippen LogP contribution in [-0.2, 0) is 0 Å². The molecule has 1 aromatic heterocycles. The molecule has 3 heteroatoms. The van der Waals surface area contributed by atoms with Crippen LogP contribution in [0.15, 0.2) is 18.3 Å². The zero-order chi connectivity index (χ0) is 16.2. The Bertz CT molecular complexity index is 498. The molecule has 0 saturated heterocycles. The number of carbonyl (C=O) groups excluding carboxylic acids is 1. The second-order valence-corrected chi connectivity index (χ2v) is 7.77. The Kier molecular flexibility index (Phi) is 5.71. The van der Waals surface area contributed by atoms with Crippen LogP contribution in [0.25, 0.3) is 0 Å². The van der Waals surface area contributed by atoms with Gasteiger partial charge in [-0.05, 0) is 42.6 Å². The summed E-state index contributed by atoms with van der Waals surface area (Å²) in [6.45, 7) is 7.01. The second-order valence-electron chi connectivity index (χ2n) is 7.77. The van der Waals surface area contributed by atoms with Gasteiger partial charge in [-0.15, -0.1) is 0 Å². The highest BCUT2D eigenvalue weighted by Gasteiger charge is 2.29. The van der Waals surface area contributed by atoms with E-state index in [2.05, 4.69) is 25.8 Å². The van der Waals surface area contributed by atoms with Gasteiger partial charge in [0.1, 0.15) is 0 Å². The summed E-state index contributed by atoms with van der Waals surface area (Å²) < 4.78 is 13.0. The summed E-state index contributed by atoms with van der Waals surface area (Å²) in [5, 5.41) is 0. The highest BCUT2D eigenvalue weighted by Crippen LogP contribution is 2.41. The first-order chi connectivity index (χ1) is 10.4. The van der Waals surface area contributed by atoms with Crippen molar-refractivity contribution < 1.29 is 9.18 Å². The van der Waals surface area contributed by atoms with Crippen LogP contribution in [0.3, 0.4) is 0 Å². The van der Waals surface area contributed by atoms with Crippen LogP contribution in [-0.4, -0.2) is 10.8 Å². The fourth-order valence-corrected chi connectivity index (χ4v) is 3.59. The monoisotopic (exact) mass is 305 g/mol. The van der Waals surface area contributed by atoms with Crippen molar-refractivity contribution in [3.05, 3.63) is 29.8 Å². The molecule has 1 aliphatic rings. The van der Waals surface area contributed by atoms with Crippen molar-refractivity contribution in [3.8, 4) is 0 Å². The van der Waals surface area contributed by atoms with Gasteiger partial charge in [-0.3, -0.25) is 4.79 Å². The fraction of sp³-hybridized carbons (Fsp3) is 0.684. The van der Waals surface area contributed by atoms with E-state index in [0.29, 0.717) is 17.4 Å². The maximum absolute atomic E-state index is 13.0. The van der Waals surface area contributed by atoms with Crippen molar-refractivity contribution in [1.82, 2.24) is 4.98 Å². The van der Waals surface area contributed by atoms with E-state index in [1.807, 2.05) is 0 Å². The van der Waals surface area contributed by atoms with Crippen molar-refractivity contribution in [2.24, 2.45) is 17.3 Å². The number of ketones is 1. The van der Waals surface area contributed by atoms with Gasteiger partial charge >= 0.3 is 0 Å². The summed E-state index contributed by atoms with van der Waals surface area (Å²) >= 11 is 0. The van der Waals surface area contributed by atoms with E-state index >= 15 is 0 Å². The molecule has 1 heterocycles. The van der Waals surface area contributed by atoms with E-state index < -0.39 is 5.95 Å². The van der Waals surface area contributed by atoms with E-state index in [9.17, 15) is 9.18 Å². The van der Waals surface area contributed by atoms with Crippen LogP contribution in [0.5, 0.6) is 0 Å². The van der Waals surface area contributed by atoms with Gasteiger partial charge in [-0.2, -0.15) is 4.39 Å². The lowest BCUT2D eigenvalue weighted by molar-refractivity contribution is 0.0972. The molecule has 0 aromatic carbocycles. The van der Waals surface area contributed by atoms with Gasteiger partial charge in [0, 0.05) is 24.2 Å². The minimum absolute atomic E-state index is 0.0321. The molecule has 1 saturated carbocycles. The van der Waals surface area contributed by atoms with Gasteiger partial charge in [-0.1, -0.05) is 40.0 Å². The minimum atomic E-state index is -0.577. The Morgan fingerprint density at radius 1 is 1.27 bits per heavy atom. The molecule has 122 valence electrons. The molecule has 2 rings (SSSR count). The first-order valence-electron chi connectivity index (χ1n) is 8.51. The Labute approximate surface area is 133 Å². The molecule has 1 fully saturated rings. The molecule has 0 atom stereocenters. The maximum atomic E-state index is 13.0. The lowest BCUT2D eigenvalue weighted by Gasteiger charge is -2.37. The fourth-order valence-electron chi connectivity index (χ4n) is 3.59. The highest BCUT2D eigenvalue weighted by atomic mass is 19.1. The Morgan fingerprint density at radius 3 is 2.55 bits per heavy atom. The highest BCUT2D eigenvalue weighted by molar-refractivity contribution is 5.95. The number of hydrogen-bond donors (Lipinski definition) is 0. The molecule has 22 heavy (non-hydrogen) atoms. The smallest absolute Gasteiger partial charge is 0.213 e. The maximum Gasteiger partial charge on any atom is 0.213 e. The molecule has 0 spiro atoms. The standard InChI is InChI=1S/C19H28FNO/c1-19(2,3)16-9-7-14(8-10-16)5-4-6-17(22)15-11-12-21-18(20)13-15/h11-14,16H,4-10H2,1-3H3. The van der Waals surface area contributed by atoms with Gasteiger partial charge in [0.2, 0.25) is 5.95 Å². The van der Waals surface area contributed by atoms with Crippen LogP contribution in [0.4, 0.5) is 4.39 Å². The number of halogens is 1. The van der Waals surface area contributed by atoms with Crippen molar-refractivity contribution >= 4 is 5.78 Å².